The molecular weight excluding hydrogens is 596 g/mol. The molecule has 2 heterocycles. The number of rotatable bonds is 14. The SMILES string of the molecule is CCCCOc1ccccc1OCC1CCN(CC(O)COc2cccc3c2CCN3C=O)CC1.O=C(O)c1ccc(Cl)cc1. The minimum atomic E-state index is -0.934. The van der Waals surface area contributed by atoms with Crippen LogP contribution in [0.1, 0.15) is 48.5 Å². The summed E-state index contributed by atoms with van der Waals surface area (Å²) in [6.45, 7) is 6.95. The summed E-state index contributed by atoms with van der Waals surface area (Å²) in [7, 11) is 0. The van der Waals surface area contributed by atoms with Crippen LogP contribution in [0.3, 0.4) is 0 Å². The van der Waals surface area contributed by atoms with Crippen LogP contribution in [0.25, 0.3) is 0 Å². The smallest absolute Gasteiger partial charge is 0.335 e. The number of β-amino-alcohol motifs (C(OH)–C–C–N with tert-alkyl or cyclic N) is 1. The number of anilines is 1. The molecular formula is C35H43ClN2O7. The van der Waals surface area contributed by atoms with Crippen LogP contribution < -0.4 is 19.1 Å². The van der Waals surface area contributed by atoms with Gasteiger partial charge in [-0.25, -0.2) is 4.79 Å². The number of fused-ring (bicyclic) bond motifs is 1. The number of hydrogen-bond donors (Lipinski definition) is 2. The number of amides is 1. The number of piperidine rings is 1. The fourth-order valence-electron chi connectivity index (χ4n) is 5.36. The number of ether oxygens (including phenoxy) is 3. The lowest BCUT2D eigenvalue weighted by molar-refractivity contribution is -0.107. The van der Waals surface area contributed by atoms with E-state index in [1.54, 1.807) is 17.0 Å². The third kappa shape index (κ3) is 10.4. The number of carboxylic acids is 1. The number of likely N-dealkylation sites (tertiary alicyclic amines) is 1. The van der Waals surface area contributed by atoms with Crippen LogP contribution in [0.4, 0.5) is 5.69 Å². The highest BCUT2D eigenvalue weighted by Gasteiger charge is 2.24. The lowest BCUT2D eigenvalue weighted by Gasteiger charge is -2.33. The topological polar surface area (TPSA) is 109 Å². The molecule has 0 spiro atoms. The molecule has 0 radical (unpaired) electrons. The summed E-state index contributed by atoms with van der Waals surface area (Å²) in [5.74, 6) is 1.97. The highest BCUT2D eigenvalue weighted by atomic mass is 35.5. The lowest BCUT2D eigenvalue weighted by Crippen LogP contribution is -2.41. The van der Waals surface area contributed by atoms with Crippen LogP contribution in [-0.4, -0.2) is 79.6 Å². The van der Waals surface area contributed by atoms with Gasteiger partial charge in [0.15, 0.2) is 11.5 Å². The first-order valence-corrected chi connectivity index (χ1v) is 16.0. The highest BCUT2D eigenvalue weighted by Crippen LogP contribution is 2.34. The molecule has 0 aromatic heterocycles. The molecule has 242 valence electrons. The molecule has 1 saturated heterocycles. The molecule has 3 aromatic carbocycles. The summed E-state index contributed by atoms with van der Waals surface area (Å²) >= 11 is 5.52. The fraction of sp³-hybridized carbons (Fsp3) is 0.429. The zero-order valence-corrected chi connectivity index (χ0v) is 26.5. The van der Waals surface area contributed by atoms with Gasteiger partial charge in [0.25, 0.3) is 0 Å². The molecule has 3 aromatic rings. The van der Waals surface area contributed by atoms with Gasteiger partial charge < -0.3 is 34.2 Å². The van der Waals surface area contributed by atoms with Gasteiger partial charge >= 0.3 is 5.97 Å². The molecule has 45 heavy (non-hydrogen) atoms. The number of hydrogen-bond acceptors (Lipinski definition) is 7. The summed E-state index contributed by atoms with van der Waals surface area (Å²) in [6, 6.07) is 19.7. The average molecular weight is 639 g/mol. The number of aliphatic hydroxyl groups excluding tert-OH is 1. The molecule has 2 aliphatic rings. The van der Waals surface area contributed by atoms with Crippen LogP contribution >= 0.6 is 11.6 Å². The first kappa shape index (κ1) is 34.1. The molecule has 0 aliphatic carbocycles. The van der Waals surface area contributed by atoms with E-state index in [9.17, 15) is 14.7 Å². The number of carbonyl (C=O) groups is 2. The fourth-order valence-corrected chi connectivity index (χ4v) is 5.49. The Balaban J connectivity index is 0.000000392. The molecule has 1 fully saturated rings. The molecule has 1 unspecified atom stereocenters. The molecule has 0 bridgehead atoms. The van der Waals surface area contributed by atoms with Gasteiger partial charge in [0.1, 0.15) is 18.5 Å². The van der Waals surface area contributed by atoms with Gasteiger partial charge in [-0.2, -0.15) is 0 Å². The number of aliphatic hydroxyl groups is 1. The van der Waals surface area contributed by atoms with E-state index in [1.165, 1.54) is 12.1 Å². The van der Waals surface area contributed by atoms with Crippen molar-refractivity contribution in [1.29, 1.82) is 0 Å². The monoisotopic (exact) mass is 638 g/mol. The minimum Gasteiger partial charge on any atom is -0.490 e. The number of carbonyl (C=O) groups excluding carboxylic acids is 1. The Morgan fingerprint density at radius 1 is 0.956 bits per heavy atom. The third-order valence-corrected chi connectivity index (χ3v) is 8.18. The van der Waals surface area contributed by atoms with Crippen molar-refractivity contribution in [3.63, 3.8) is 0 Å². The summed E-state index contributed by atoms with van der Waals surface area (Å²) < 4.78 is 18.0. The van der Waals surface area contributed by atoms with E-state index in [0.717, 1.165) is 80.1 Å². The predicted molar refractivity (Wildman–Crippen MR) is 175 cm³/mol. The molecule has 5 rings (SSSR count). The number of halogens is 1. The number of unbranched alkanes of at least 4 members (excludes halogenated alkanes) is 1. The highest BCUT2D eigenvalue weighted by molar-refractivity contribution is 6.30. The standard InChI is InChI=1S/C28H38N2O5.C7H5ClO2/c1-2-3-17-33-27-8-4-5-9-28(27)34-19-22-11-14-29(15-12-22)18-23(32)20-35-26-10-6-7-25-24(26)13-16-30(25)21-31;8-6-3-1-5(2-4-6)7(9)10/h4-10,21-23,32H,2-3,11-20H2,1H3;1-4H,(H,9,10). The lowest BCUT2D eigenvalue weighted by atomic mass is 9.97. The quantitative estimate of drug-likeness (QED) is 0.165. The first-order valence-electron chi connectivity index (χ1n) is 15.6. The number of para-hydroxylation sites is 2. The zero-order chi connectivity index (χ0) is 32.0. The summed E-state index contributed by atoms with van der Waals surface area (Å²) in [6.07, 6.45) is 5.31. The maximum atomic E-state index is 11.2. The second-order valence-corrected chi connectivity index (χ2v) is 11.7. The third-order valence-electron chi connectivity index (χ3n) is 7.93. The molecule has 1 atom stereocenters. The van der Waals surface area contributed by atoms with E-state index >= 15 is 0 Å². The van der Waals surface area contributed by atoms with Crippen LogP contribution in [0.15, 0.2) is 66.7 Å². The Morgan fingerprint density at radius 2 is 1.64 bits per heavy atom. The average Bonchev–Trinajstić information content (AvgIpc) is 3.49. The van der Waals surface area contributed by atoms with E-state index in [1.807, 2.05) is 42.5 Å². The molecule has 2 aliphatic heterocycles. The van der Waals surface area contributed by atoms with E-state index in [-0.39, 0.29) is 12.2 Å². The van der Waals surface area contributed by atoms with Crippen molar-refractivity contribution in [2.75, 3.05) is 50.9 Å². The van der Waals surface area contributed by atoms with Crippen LogP contribution in [0.5, 0.6) is 17.2 Å². The predicted octanol–water partition coefficient (Wildman–Crippen LogP) is 5.95. The van der Waals surface area contributed by atoms with Crippen molar-refractivity contribution in [2.24, 2.45) is 5.92 Å². The Bertz CT molecular complexity index is 1360. The summed E-state index contributed by atoms with van der Waals surface area (Å²) in [4.78, 5) is 25.5. The van der Waals surface area contributed by atoms with E-state index in [4.69, 9.17) is 30.9 Å². The molecule has 2 N–H and O–H groups in total. The first-order chi connectivity index (χ1) is 21.9. The van der Waals surface area contributed by atoms with E-state index in [2.05, 4.69) is 11.8 Å². The minimum absolute atomic E-state index is 0.245. The van der Waals surface area contributed by atoms with Crippen LogP contribution in [0, 0.1) is 5.92 Å². The second-order valence-electron chi connectivity index (χ2n) is 11.3. The summed E-state index contributed by atoms with van der Waals surface area (Å²) in [5, 5.41) is 19.6. The Morgan fingerprint density at radius 3 is 2.31 bits per heavy atom. The van der Waals surface area contributed by atoms with Crippen molar-refractivity contribution < 1.29 is 34.0 Å². The van der Waals surface area contributed by atoms with Crippen molar-refractivity contribution in [1.82, 2.24) is 4.90 Å². The van der Waals surface area contributed by atoms with Gasteiger partial charge in [0, 0.05) is 23.7 Å². The molecule has 1 amide bonds. The van der Waals surface area contributed by atoms with Gasteiger partial charge in [0.2, 0.25) is 6.41 Å². The Labute approximate surface area is 270 Å². The van der Waals surface area contributed by atoms with Gasteiger partial charge in [-0.15, -0.1) is 0 Å². The molecule has 9 nitrogen and oxygen atoms in total. The molecule has 0 saturated carbocycles. The largest absolute Gasteiger partial charge is 0.490 e. The van der Waals surface area contributed by atoms with Crippen molar-refractivity contribution in [2.45, 2.75) is 45.1 Å². The Kier molecular flexibility index (Phi) is 13.4. The van der Waals surface area contributed by atoms with Gasteiger partial charge in [-0.3, -0.25) is 4.79 Å². The van der Waals surface area contributed by atoms with Gasteiger partial charge in [-0.1, -0.05) is 43.1 Å². The number of benzene rings is 3. The van der Waals surface area contributed by atoms with E-state index in [0.29, 0.717) is 37.2 Å². The van der Waals surface area contributed by atoms with Crippen molar-refractivity contribution in [3.05, 3.63) is 82.9 Å². The van der Waals surface area contributed by atoms with Gasteiger partial charge in [0.05, 0.1) is 24.5 Å². The van der Waals surface area contributed by atoms with E-state index < -0.39 is 12.1 Å². The Hall–Kier alpha value is -3.79. The zero-order valence-electron chi connectivity index (χ0n) is 25.8. The molecule has 10 heteroatoms. The second kappa shape index (κ2) is 17.6. The van der Waals surface area contributed by atoms with Crippen LogP contribution in [-0.2, 0) is 11.2 Å². The maximum absolute atomic E-state index is 11.2. The van der Waals surface area contributed by atoms with Gasteiger partial charge in [-0.05, 0) is 93.2 Å². The number of carboxylic acid groups (broad SMARTS) is 1. The maximum Gasteiger partial charge on any atom is 0.335 e. The number of nitrogens with zero attached hydrogens (tertiary/aromatic N) is 2. The van der Waals surface area contributed by atoms with Crippen molar-refractivity contribution >= 4 is 29.7 Å². The number of aromatic carboxylic acids is 1. The normalized spacial score (nSPS) is 15.4. The summed E-state index contributed by atoms with van der Waals surface area (Å²) in [5.41, 5.74) is 2.21. The van der Waals surface area contributed by atoms with Crippen LogP contribution in [0.2, 0.25) is 5.02 Å². The van der Waals surface area contributed by atoms with Crippen molar-refractivity contribution in [3.8, 4) is 17.2 Å².